The largest absolute Gasteiger partial charge is 0.461 e. The van der Waals surface area contributed by atoms with Crippen molar-refractivity contribution in [3.05, 3.63) is 87.6 Å². The molecular weight excluding hydrogens is 466 g/mol. The average Bonchev–Trinajstić information content (AvgIpc) is 3.46. The molecular formula is C22H18ClN5O4S. The van der Waals surface area contributed by atoms with Gasteiger partial charge in [-0.1, -0.05) is 53.7 Å². The highest BCUT2D eigenvalue weighted by molar-refractivity contribution is 8.00. The van der Waals surface area contributed by atoms with Crippen molar-refractivity contribution in [2.24, 2.45) is 0 Å². The SMILES string of the molecule is C[C@H](Sc1nnc(-c2ccco2)n1Cc1ccccc1)C(=O)Nc1cc([N+](=O)[O-])ccc1Cl. The summed E-state index contributed by atoms with van der Waals surface area (Å²) in [4.78, 5) is 23.3. The standard InChI is InChI=1S/C22H18ClN5O4S/c1-14(21(29)24-18-12-16(28(30)31)9-10-17(18)23)33-22-26-25-20(19-8-5-11-32-19)27(22)13-15-6-3-2-4-7-15/h2-12,14H,13H2,1H3,(H,24,29)/t14-/m0/s1. The van der Waals surface area contributed by atoms with Crippen LogP contribution in [0.1, 0.15) is 12.5 Å². The number of nitrogens with one attached hydrogen (secondary N) is 1. The van der Waals surface area contributed by atoms with E-state index in [0.717, 1.165) is 5.56 Å². The molecule has 4 aromatic rings. The van der Waals surface area contributed by atoms with Crippen LogP contribution in [0.4, 0.5) is 11.4 Å². The van der Waals surface area contributed by atoms with Gasteiger partial charge in [-0.2, -0.15) is 0 Å². The van der Waals surface area contributed by atoms with Gasteiger partial charge in [0.05, 0.1) is 33.7 Å². The van der Waals surface area contributed by atoms with Crippen LogP contribution in [0.2, 0.25) is 5.02 Å². The number of carbonyl (C=O) groups is 1. The summed E-state index contributed by atoms with van der Waals surface area (Å²) in [6, 6.07) is 17.2. The molecule has 1 atom stereocenters. The molecule has 0 fully saturated rings. The summed E-state index contributed by atoms with van der Waals surface area (Å²) >= 11 is 7.31. The zero-order valence-electron chi connectivity index (χ0n) is 17.3. The van der Waals surface area contributed by atoms with Gasteiger partial charge in [0.2, 0.25) is 11.7 Å². The van der Waals surface area contributed by atoms with Gasteiger partial charge in [0, 0.05) is 12.1 Å². The Labute approximate surface area is 197 Å². The fraction of sp³-hybridized carbons (Fsp3) is 0.136. The lowest BCUT2D eigenvalue weighted by Crippen LogP contribution is -2.23. The Morgan fingerprint density at radius 1 is 1.21 bits per heavy atom. The molecule has 0 spiro atoms. The topological polar surface area (TPSA) is 116 Å². The Kier molecular flexibility index (Phi) is 6.76. The van der Waals surface area contributed by atoms with Crippen molar-refractivity contribution in [3.63, 3.8) is 0 Å². The zero-order valence-corrected chi connectivity index (χ0v) is 18.9. The third-order valence-electron chi connectivity index (χ3n) is 4.71. The van der Waals surface area contributed by atoms with Crippen LogP contribution in [0.15, 0.2) is 76.5 Å². The maximum absolute atomic E-state index is 12.8. The molecule has 0 aliphatic carbocycles. The van der Waals surface area contributed by atoms with Crippen molar-refractivity contribution in [2.75, 3.05) is 5.32 Å². The minimum Gasteiger partial charge on any atom is -0.461 e. The van der Waals surface area contributed by atoms with Gasteiger partial charge in [-0.3, -0.25) is 19.5 Å². The van der Waals surface area contributed by atoms with Crippen molar-refractivity contribution in [1.82, 2.24) is 14.8 Å². The molecule has 11 heteroatoms. The van der Waals surface area contributed by atoms with Crippen LogP contribution in [0.5, 0.6) is 0 Å². The fourth-order valence-electron chi connectivity index (χ4n) is 3.04. The smallest absolute Gasteiger partial charge is 0.271 e. The van der Waals surface area contributed by atoms with Crippen LogP contribution in [-0.2, 0) is 11.3 Å². The number of nitro benzene ring substituents is 1. The number of halogens is 1. The van der Waals surface area contributed by atoms with Crippen molar-refractivity contribution in [1.29, 1.82) is 0 Å². The molecule has 168 valence electrons. The van der Waals surface area contributed by atoms with Crippen LogP contribution < -0.4 is 5.32 Å². The Balaban J connectivity index is 1.56. The van der Waals surface area contributed by atoms with Crippen LogP contribution in [0.25, 0.3) is 11.6 Å². The zero-order chi connectivity index (χ0) is 23.4. The van der Waals surface area contributed by atoms with Crippen molar-refractivity contribution in [3.8, 4) is 11.6 Å². The van der Waals surface area contributed by atoms with Gasteiger partial charge in [0.25, 0.3) is 5.69 Å². The quantitative estimate of drug-likeness (QED) is 0.206. The second-order valence-corrected chi connectivity index (χ2v) is 8.74. The molecule has 0 bridgehead atoms. The number of thioether (sulfide) groups is 1. The number of non-ortho nitro benzene ring substituents is 1. The molecule has 9 nitrogen and oxygen atoms in total. The number of amides is 1. The maximum Gasteiger partial charge on any atom is 0.271 e. The number of carbonyl (C=O) groups excluding carboxylic acids is 1. The lowest BCUT2D eigenvalue weighted by atomic mass is 10.2. The minimum atomic E-state index is -0.594. The number of aromatic nitrogens is 3. The average molecular weight is 484 g/mol. The number of nitro groups is 1. The van der Waals surface area contributed by atoms with Gasteiger partial charge in [-0.05, 0) is 30.7 Å². The van der Waals surface area contributed by atoms with E-state index in [9.17, 15) is 14.9 Å². The number of hydrogen-bond donors (Lipinski definition) is 1. The molecule has 2 aromatic carbocycles. The summed E-state index contributed by atoms with van der Waals surface area (Å²) in [7, 11) is 0. The molecule has 0 saturated heterocycles. The van der Waals surface area contributed by atoms with E-state index in [0.29, 0.717) is 23.3 Å². The molecule has 2 aromatic heterocycles. The third-order valence-corrected chi connectivity index (χ3v) is 6.12. The number of furan rings is 1. The molecule has 0 unspecified atom stereocenters. The first-order valence-electron chi connectivity index (χ1n) is 9.85. The number of rotatable bonds is 8. The first-order valence-corrected chi connectivity index (χ1v) is 11.1. The molecule has 0 saturated carbocycles. The normalized spacial score (nSPS) is 11.8. The second kappa shape index (κ2) is 9.88. The fourth-order valence-corrected chi connectivity index (χ4v) is 4.05. The number of benzene rings is 2. The highest BCUT2D eigenvalue weighted by Gasteiger charge is 2.23. The van der Waals surface area contributed by atoms with E-state index in [1.165, 1.54) is 30.0 Å². The Hall–Kier alpha value is -3.63. The monoisotopic (exact) mass is 483 g/mol. The van der Waals surface area contributed by atoms with Crippen molar-refractivity contribution in [2.45, 2.75) is 23.9 Å². The van der Waals surface area contributed by atoms with Gasteiger partial charge in [-0.25, -0.2) is 0 Å². The van der Waals surface area contributed by atoms with Gasteiger partial charge < -0.3 is 9.73 Å². The first-order chi connectivity index (χ1) is 15.9. The van der Waals surface area contributed by atoms with E-state index in [2.05, 4.69) is 15.5 Å². The highest BCUT2D eigenvalue weighted by atomic mass is 35.5. The van der Waals surface area contributed by atoms with Crippen LogP contribution in [0, 0.1) is 10.1 Å². The van der Waals surface area contributed by atoms with Crippen molar-refractivity contribution < 1.29 is 14.1 Å². The molecule has 2 heterocycles. The number of anilines is 1. The lowest BCUT2D eigenvalue weighted by Gasteiger charge is -2.14. The molecule has 0 aliphatic heterocycles. The van der Waals surface area contributed by atoms with Gasteiger partial charge in [0.1, 0.15) is 0 Å². The van der Waals surface area contributed by atoms with Crippen LogP contribution >= 0.6 is 23.4 Å². The Bertz CT molecular complexity index is 1280. The summed E-state index contributed by atoms with van der Waals surface area (Å²) in [6.45, 7) is 2.19. The highest BCUT2D eigenvalue weighted by Crippen LogP contribution is 2.30. The van der Waals surface area contributed by atoms with E-state index in [-0.39, 0.29) is 22.3 Å². The Morgan fingerprint density at radius 2 is 2.00 bits per heavy atom. The van der Waals surface area contributed by atoms with Crippen LogP contribution in [0.3, 0.4) is 0 Å². The molecule has 0 radical (unpaired) electrons. The summed E-state index contributed by atoms with van der Waals surface area (Å²) < 4.78 is 7.38. The number of nitrogens with zero attached hydrogens (tertiary/aromatic N) is 4. The molecule has 1 amide bonds. The molecule has 0 aliphatic rings. The lowest BCUT2D eigenvalue weighted by molar-refractivity contribution is -0.384. The van der Waals surface area contributed by atoms with E-state index >= 15 is 0 Å². The molecule has 4 rings (SSSR count). The predicted molar refractivity (Wildman–Crippen MR) is 125 cm³/mol. The van der Waals surface area contributed by atoms with Crippen molar-refractivity contribution >= 4 is 40.6 Å². The molecule has 1 N–H and O–H groups in total. The second-order valence-electron chi connectivity index (χ2n) is 7.03. The van der Waals surface area contributed by atoms with Gasteiger partial charge in [-0.15, -0.1) is 10.2 Å². The summed E-state index contributed by atoms with van der Waals surface area (Å²) in [5.41, 5.74) is 1.04. The summed E-state index contributed by atoms with van der Waals surface area (Å²) in [5, 5.41) is 22.4. The summed E-state index contributed by atoms with van der Waals surface area (Å²) in [5.74, 6) is 0.725. The van der Waals surface area contributed by atoms with E-state index in [1.54, 1.807) is 25.3 Å². The van der Waals surface area contributed by atoms with E-state index < -0.39 is 10.2 Å². The van der Waals surface area contributed by atoms with E-state index in [4.69, 9.17) is 16.0 Å². The third kappa shape index (κ3) is 5.24. The van der Waals surface area contributed by atoms with Gasteiger partial charge >= 0.3 is 0 Å². The maximum atomic E-state index is 12.8. The Morgan fingerprint density at radius 3 is 2.70 bits per heavy atom. The molecule has 33 heavy (non-hydrogen) atoms. The summed E-state index contributed by atoms with van der Waals surface area (Å²) in [6.07, 6.45) is 1.56. The number of hydrogen-bond acceptors (Lipinski definition) is 7. The van der Waals surface area contributed by atoms with E-state index in [1.807, 2.05) is 34.9 Å². The van der Waals surface area contributed by atoms with Gasteiger partial charge in [0.15, 0.2) is 10.9 Å². The minimum absolute atomic E-state index is 0.166. The first kappa shape index (κ1) is 22.6. The predicted octanol–water partition coefficient (Wildman–Crippen LogP) is 5.27. The van der Waals surface area contributed by atoms with Crippen LogP contribution in [-0.4, -0.2) is 30.8 Å².